The molecule has 0 spiro atoms. The lowest BCUT2D eigenvalue weighted by molar-refractivity contribution is -0.250. The summed E-state index contributed by atoms with van der Waals surface area (Å²) in [7, 11) is -5.27. The number of phosphoric acid groups is 1. The Bertz CT molecular complexity index is 455. The van der Waals surface area contributed by atoms with Gasteiger partial charge in [-0.3, -0.25) is 9.32 Å². The minimum Gasteiger partial charge on any atom is -0.394 e. The minimum atomic E-state index is -5.36. The van der Waals surface area contributed by atoms with Crippen LogP contribution in [0.15, 0.2) is 0 Å². The van der Waals surface area contributed by atoms with E-state index in [4.69, 9.17) is 14.9 Å². The number of amides is 1. The Morgan fingerprint density at radius 2 is 1.82 bits per heavy atom. The molecule has 5 atom stereocenters. The molecule has 1 fully saturated rings. The Morgan fingerprint density at radius 3 is 2.23 bits per heavy atom. The second-order valence-corrected chi connectivity index (χ2v) is 5.49. The number of ether oxygens (including phenoxy) is 1. The first-order chi connectivity index (χ1) is 9.86. The molecule has 1 amide bonds. The van der Waals surface area contributed by atoms with Crippen LogP contribution in [0, 0.1) is 0 Å². The second kappa shape index (κ2) is 6.76. The number of carbonyl (C=O) groups excluding carboxylic acids is 1. The number of rotatable bonds is 4. The third kappa shape index (κ3) is 4.86. The van der Waals surface area contributed by atoms with Crippen LogP contribution in [0.4, 0.5) is 13.2 Å². The van der Waals surface area contributed by atoms with Crippen molar-refractivity contribution in [3.8, 4) is 0 Å². The molecular formula is C8H13F3NO9P. The molecule has 0 aromatic heterocycles. The third-order valence-electron chi connectivity index (χ3n) is 2.68. The fourth-order valence-corrected chi connectivity index (χ4v) is 2.15. The van der Waals surface area contributed by atoms with Gasteiger partial charge in [0.1, 0.15) is 24.4 Å². The predicted octanol–water partition coefficient (Wildman–Crippen LogP) is -2.42. The lowest BCUT2D eigenvalue weighted by Crippen LogP contribution is -2.65. The largest absolute Gasteiger partial charge is 0.472 e. The molecule has 0 saturated carbocycles. The van der Waals surface area contributed by atoms with Crippen LogP contribution < -0.4 is 5.32 Å². The minimum absolute atomic E-state index is 0.931. The Hall–Kier alpha value is -0.790. The van der Waals surface area contributed by atoms with E-state index in [0.29, 0.717) is 0 Å². The van der Waals surface area contributed by atoms with E-state index in [1.165, 1.54) is 5.32 Å². The van der Waals surface area contributed by atoms with Crippen molar-refractivity contribution in [3.05, 3.63) is 0 Å². The van der Waals surface area contributed by atoms with Crippen molar-refractivity contribution in [2.75, 3.05) is 6.61 Å². The van der Waals surface area contributed by atoms with Gasteiger partial charge < -0.3 is 35.2 Å². The molecule has 1 heterocycles. The van der Waals surface area contributed by atoms with Gasteiger partial charge in [-0.1, -0.05) is 0 Å². The molecule has 0 unspecified atom stereocenters. The van der Waals surface area contributed by atoms with Crippen LogP contribution in [0.3, 0.4) is 0 Å². The number of hydrogen-bond donors (Lipinski definition) is 6. The molecule has 1 aliphatic rings. The van der Waals surface area contributed by atoms with Crippen molar-refractivity contribution in [3.63, 3.8) is 0 Å². The Balaban J connectivity index is 3.00. The Morgan fingerprint density at radius 1 is 1.27 bits per heavy atom. The molecule has 1 saturated heterocycles. The van der Waals surface area contributed by atoms with Crippen LogP contribution >= 0.6 is 7.82 Å². The maximum Gasteiger partial charge on any atom is 0.472 e. The summed E-state index contributed by atoms with van der Waals surface area (Å²) in [5.41, 5.74) is 0. The van der Waals surface area contributed by atoms with E-state index in [2.05, 4.69) is 9.26 Å². The van der Waals surface area contributed by atoms with E-state index >= 15 is 0 Å². The van der Waals surface area contributed by atoms with Gasteiger partial charge in [-0.15, -0.1) is 0 Å². The number of alkyl halides is 3. The number of aliphatic hydroxyl groups is 3. The smallest absolute Gasteiger partial charge is 0.394 e. The normalized spacial score (nSPS) is 33.5. The molecule has 0 aromatic carbocycles. The maximum absolute atomic E-state index is 12.2. The van der Waals surface area contributed by atoms with Gasteiger partial charge >= 0.3 is 19.9 Å². The van der Waals surface area contributed by atoms with Gasteiger partial charge in [-0.2, -0.15) is 13.2 Å². The molecule has 1 aliphatic heterocycles. The lowest BCUT2D eigenvalue weighted by atomic mass is 9.97. The lowest BCUT2D eigenvalue weighted by Gasteiger charge is -2.41. The molecule has 0 aromatic rings. The van der Waals surface area contributed by atoms with Crippen LogP contribution in [0.2, 0.25) is 0 Å². The molecule has 130 valence electrons. The summed E-state index contributed by atoms with van der Waals surface area (Å²) in [6.45, 7) is -0.931. The zero-order valence-corrected chi connectivity index (χ0v) is 11.4. The first-order valence-corrected chi connectivity index (χ1v) is 7.14. The zero-order chi connectivity index (χ0) is 17.3. The number of nitrogens with one attached hydrogen (secondary N) is 1. The second-order valence-electron chi connectivity index (χ2n) is 4.30. The van der Waals surface area contributed by atoms with Gasteiger partial charge in [0.25, 0.3) is 0 Å². The quantitative estimate of drug-likeness (QED) is 0.301. The molecule has 0 aliphatic carbocycles. The topological polar surface area (TPSA) is 166 Å². The van der Waals surface area contributed by atoms with Crippen molar-refractivity contribution in [2.24, 2.45) is 0 Å². The van der Waals surface area contributed by atoms with Crippen LogP contribution in [0.25, 0.3) is 0 Å². The summed E-state index contributed by atoms with van der Waals surface area (Å²) < 4.78 is 56.1. The molecule has 1 rings (SSSR count). The van der Waals surface area contributed by atoms with E-state index in [1.54, 1.807) is 0 Å². The van der Waals surface area contributed by atoms with Gasteiger partial charge in [-0.25, -0.2) is 4.57 Å². The number of hydrogen-bond acceptors (Lipinski definition) is 7. The van der Waals surface area contributed by atoms with Crippen LogP contribution in [0.1, 0.15) is 0 Å². The highest BCUT2D eigenvalue weighted by molar-refractivity contribution is 7.46. The number of phosphoric ester groups is 1. The van der Waals surface area contributed by atoms with Gasteiger partial charge in [0.05, 0.1) is 6.61 Å². The van der Waals surface area contributed by atoms with Crippen molar-refractivity contribution < 1.29 is 56.9 Å². The van der Waals surface area contributed by atoms with E-state index in [9.17, 15) is 32.7 Å². The maximum atomic E-state index is 12.2. The van der Waals surface area contributed by atoms with Gasteiger partial charge in [0.2, 0.25) is 0 Å². The molecule has 10 nitrogen and oxygen atoms in total. The monoisotopic (exact) mass is 355 g/mol. The van der Waals surface area contributed by atoms with Crippen LogP contribution in [-0.4, -0.2) is 74.4 Å². The van der Waals surface area contributed by atoms with E-state index < -0.39 is 57.2 Å². The summed E-state index contributed by atoms with van der Waals surface area (Å²) in [6.07, 6.45) is -13.3. The third-order valence-corrected chi connectivity index (χ3v) is 3.16. The average Bonchev–Trinajstić information content (AvgIpc) is 2.35. The summed E-state index contributed by atoms with van der Waals surface area (Å²) in [6, 6.07) is -2.14. The summed E-state index contributed by atoms with van der Waals surface area (Å²) in [4.78, 5) is 28.2. The fourth-order valence-electron chi connectivity index (χ4n) is 1.69. The molecular weight excluding hydrogens is 342 g/mol. The van der Waals surface area contributed by atoms with Crippen LogP contribution in [0.5, 0.6) is 0 Å². The highest BCUT2D eigenvalue weighted by Crippen LogP contribution is 2.40. The average molecular weight is 355 g/mol. The van der Waals surface area contributed by atoms with Crippen LogP contribution in [-0.2, 0) is 18.6 Å². The summed E-state index contributed by atoms with van der Waals surface area (Å²) >= 11 is 0. The van der Waals surface area contributed by atoms with Gasteiger partial charge in [0.15, 0.2) is 6.29 Å². The standard InChI is InChI=1S/C8H13F3NO9P/c9-8(10,11)7(16)12-3-5(15)4(14)2(1-13)20-6(3)21-22(17,18)19/h2-6,13-15H,1H2,(H,12,16)(H2,17,18,19)/t2-,3-,4+,5-,6-/m1/s1. The van der Waals surface area contributed by atoms with Gasteiger partial charge in [-0.05, 0) is 0 Å². The Kier molecular flexibility index (Phi) is 5.92. The van der Waals surface area contributed by atoms with Crippen molar-refractivity contribution >= 4 is 13.7 Å². The van der Waals surface area contributed by atoms with Crippen molar-refractivity contribution in [1.29, 1.82) is 0 Å². The van der Waals surface area contributed by atoms with Gasteiger partial charge in [0, 0.05) is 0 Å². The molecule has 6 N–H and O–H groups in total. The first kappa shape index (κ1) is 19.3. The number of aliphatic hydroxyl groups excluding tert-OH is 3. The molecule has 0 radical (unpaired) electrons. The zero-order valence-electron chi connectivity index (χ0n) is 10.5. The number of carbonyl (C=O) groups is 1. The summed E-state index contributed by atoms with van der Waals surface area (Å²) in [5.74, 6) is -2.55. The predicted molar refractivity (Wildman–Crippen MR) is 58.9 cm³/mol. The van der Waals surface area contributed by atoms with E-state index in [1.807, 2.05) is 0 Å². The van der Waals surface area contributed by atoms with Crippen molar-refractivity contribution in [1.82, 2.24) is 5.32 Å². The highest BCUT2D eigenvalue weighted by Gasteiger charge is 2.50. The Labute approximate surface area is 120 Å². The first-order valence-electron chi connectivity index (χ1n) is 5.61. The van der Waals surface area contributed by atoms with Crippen molar-refractivity contribution in [2.45, 2.75) is 36.8 Å². The molecule has 14 heteroatoms. The number of halogens is 3. The van der Waals surface area contributed by atoms with E-state index in [-0.39, 0.29) is 0 Å². The molecule has 0 bridgehead atoms. The van der Waals surface area contributed by atoms with E-state index in [0.717, 1.165) is 0 Å². The fraction of sp³-hybridized carbons (Fsp3) is 0.875. The highest BCUT2D eigenvalue weighted by atomic mass is 31.2. The SMILES string of the molecule is O=C(N[C@H]1[C@@H](OP(=O)(O)O)O[C@H](CO)[C@H](O)[C@@H]1O)C(F)(F)F. The molecule has 22 heavy (non-hydrogen) atoms. The summed E-state index contributed by atoms with van der Waals surface area (Å²) in [5, 5.41) is 29.3.